The highest BCUT2D eigenvalue weighted by molar-refractivity contribution is 6.01. The minimum atomic E-state index is -1.41. The van der Waals surface area contributed by atoms with Crippen LogP contribution in [0.25, 0.3) is 10.8 Å². The van der Waals surface area contributed by atoms with Gasteiger partial charge in [-0.1, -0.05) is 72.8 Å². The van der Waals surface area contributed by atoms with Crippen LogP contribution in [0.4, 0.5) is 0 Å². The summed E-state index contributed by atoms with van der Waals surface area (Å²) in [6.07, 6.45) is -0.810. The van der Waals surface area contributed by atoms with Crippen LogP contribution in [0.2, 0.25) is 0 Å². The van der Waals surface area contributed by atoms with Crippen LogP contribution in [-0.2, 0) is 36.8 Å². The van der Waals surface area contributed by atoms with E-state index < -0.39 is 66.2 Å². The highest BCUT2D eigenvalue weighted by Crippen LogP contribution is 2.17. The molecule has 16 heteroatoms. The minimum Gasteiger partial charge on any atom is -0.508 e. The lowest BCUT2D eigenvalue weighted by molar-refractivity contribution is -0.142. The van der Waals surface area contributed by atoms with Gasteiger partial charge in [-0.25, -0.2) is 4.79 Å². The number of rotatable bonds is 20. The predicted molar refractivity (Wildman–Crippen MR) is 207 cm³/mol. The van der Waals surface area contributed by atoms with Crippen molar-refractivity contribution in [2.45, 2.75) is 62.7 Å². The number of amides is 4. The van der Waals surface area contributed by atoms with Crippen molar-refractivity contribution in [2.24, 2.45) is 16.5 Å². The molecule has 0 saturated heterocycles. The van der Waals surface area contributed by atoms with Gasteiger partial charge in [0, 0.05) is 31.4 Å². The van der Waals surface area contributed by atoms with Crippen LogP contribution < -0.4 is 32.7 Å². The monoisotopic (exact) mass is 767 g/mol. The highest BCUT2D eigenvalue weighted by atomic mass is 16.4. The zero-order valence-corrected chi connectivity index (χ0v) is 30.4. The number of hydrogen-bond acceptors (Lipinski definition) is 8. The number of carbonyl (C=O) groups excluding carboxylic acids is 4. The average Bonchev–Trinajstić information content (AvgIpc) is 3.17. The van der Waals surface area contributed by atoms with E-state index in [4.69, 9.17) is 11.5 Å². The number of phenolic OH excluding ortho intramolecular Hbond substituents is 1. The molecule has 0 heterocycles. The average molecular weight is 768 g/mol. The number of aliphatic imine (C=N–C) groups is 1. The first-order chi connectivity index (χ1) is 26.8. The maximum Gasteiger partial charge on any atom is 0.326 e. The summed E-state index contributed by atoms with van der Waals surface area (Å²) < 4.78 is 0. The summed E-state index contributed by atoms with van der Waals surface area (Å²) in [5.41, 5.74) is 12.2. The van der Waals surface area contributed by atoms with Crippen molar-refractivity contribution in [1.82, 2.24) is 21.3 Å². The van der Waals surface area contributed by atoms with Gasteiger partial charge in [0.2, 0.25) is 17.7 Å². The number of fused-ring (bicyclic) bond motifs is 1. The van der Waals surface area contributed by atoms with E-state index in [0.29, 0.717) is 11.1 Å². The van der Waals surface area contributed by atoms with Crippen LogP contribution in [0.15, 0.2) is 102 Å². The minimum absolute atomic E-state index is 0.0223. The van der Waals surface area contributed by atoms with Gasteiger partial charge in [0.25, 0.3) is 5.91 Å². The van der Waals surface area contributed by atoms with Crippen LogP contribution in [0.5, 0.6) is 5.75 Å². The Morgan fingerprint density at radius 2 is 1.16 bits per heavy atom. The third kappa shape index (κ3) is 13.2. The lowest BCUT2D eigenvalue weighted by Crippen LogP contribution is -2.58. The normalized spacial score (nSPS) is 12.9. The molecule has 0 bridgehead atoms. The van der Waals surface area contributed by atoms with Crippen molar-refractivity contribution in [2.75, 3.05) is 6.54 Å². The smallest absolute Gasteiger partial charge is 0.326 e. The van der Waals surface area contributed by atoms with Gasteiger partial charge in [-0.15, -0.1) is 0 Å². The van der Waals surface area contributed by atoms with Crippen LogP contribution in [0, 0.1) is 0 Å². The van der Waals surface area contributed by atoms with Crippen molar-refractivity contribution < 1.29 is 44.1 Å². The summed E-state index contributed by atoms with van der Waals surface area (Å²) in [7, 11) is 0. The van der Waals surface area contributed by atoms with Crippen molar-refractivity contribution in [1.29, 1.82) is 0 Å². The quantitative estimate of drug-likeness (QED) is 0.0354. The molecule has 0 spiro atoms. The summed E-state index contributed by atoms with van der Waals surface area (Å²) >= 11 is 0. The summed E-state index contributed by atoms with van der Waals surface area (Å²) in [6, 6.07) is 21.3. The Hall–Kier alpha value is -6.97. The Morgan fingerprint density at radius 3 is 1.80 bits per heavy atom. The molecule has 0 unspecified atom stereocenters. The Morgan fingerprint density at radius 1 is 0.607 bits per heavy atom. The van der Waals surface area contributed by atoms with Gasteiger partial charge >= 0.3 is 11.9 Å². The van der Waals surface area contributed by atoms with Crippen molar-refractivity contribution >= 4 is 52.3 Å². The number of aliphatic carboxylic acids is 2. The first kappa shape index (κ1) is 41.8. The fourth-order valence-electron chi connectivity index (χ4n) is 5.82. The van der Waals surface area contributed by atoms with Gasteiger partial charge in [0.15, 0.2) is 5.96 Å². The number of nitrogens with two attached hydrogens (primary N) is 2. The van der Waals surface area contributed by atoms with E-state index in [2.05, 4.69) is 26.3 Å². The summed E-state index contributed by atoms with van der Waals surface area (Å²) in [6.45, 7) is 0.0875. The first-order valence-corrected chi connectivity index (χ1v) is 17.8. The molecule has 56 heavy (non-hydrogen) atoms. The molecule has 0 aliphatic rings. The number of carboxylic acid groups (broad SMARTS) is 2. The first-order valence-electron chi connectivity index (χ1n) is 17.8. The molecule has 4 rings (SSSR count). The molecular formula is C40H45N7O9. The Labute approximate surface area is 322 Å². The molecule has 4 aromatic rings. The molecule has 0 aromatic heterocycles. The largest absolute Gasteiger partial charge is 0.508 e. The van der Waals surface area contributed by atoms with Gasteiger partial charge in [-0.2, -0.15) is 0 Å². The maximum absolute atomic E-state index is 14.0. The van der Waals surface area contributed by atoms with E-state index in [0.717, 1.165) is 10.8 Å². The van der Waals surface area contributed by atoms with E-state index in [1.807, 2.05) is 24.3 Å². The summed E-state index contributed by atoms with van der Waals surface area (Å²) in [5.74, 6) is -5.89. The molecule has 294 valence electrons. The molecule has 11 N–H and O–H groups in total. The Bertz CT molecular complexity index is 2040. The van der Waals surface area contributed by atoms with Gasteiger partial charge < -0.3 is 48.1 Å². The third-order valence-electron chi connectivity index (χ3n) is 8.77. The molecule has 0 aliphatic heterocycles. The molecule has 0 radical (unpaired) electrons. The second-order valence-electron chi connectivity index (χ2n) is 13.1. The van der Waals surface area contributed by atoms with E-state index in [-0.39, 0.29) is 55.9 Å². The number of carbonyl (C=O) groups is 6. The molecule has 0 fully saturated rings. The molecule has 4 aromatic carbocycles. The number of guanidine groups is 1. The van der Waals surface area contributed by atoms with Crippen LogP contribution in [-0.4, -0.2) is 87.6 Å². The topological polar surface area (TPSA) is 276 Å². The standard InChI is InChI=1S/C40H45N7O9/c41-40(42)43-20-6-11-30(36(52)47-33(39(55)56)22-25-12-16-29(48)17-13-25)45-38(54)32(21-24-7-2-1-3-8-24)46-37(53)31(18-19-34(49)50)44-35(51)28-15-14-26-9-4-5-10-27(26)23-28/h1-5,7-10,12-17,23,30-33,48H,6,11,18-22H2,(H,44,51)(H,45,54)(H,46,53)(H,47,52)(H,49,50)(H,55,56)(H4,41,42,43)/t30-,31-,32-,33-/m0/s1. The van der Waals surface area contributed by atoms with Gasteiger partial charge in [0.05, 0.1) is 0 Å². The summed E-state index contributed by atoms with van der Waals surface area (Å²) in [4.78, 5) is 82.6. The fraction of sp³-hybridized carbons (Fsp3) is 0.275. The maximum atomic E-state index is 14.0. The van der Waals surface area contributed by atoms with Gasteiger partial charge in [0.1, 0.15) is 29.9 Å². The lowest BCUT2D eigenvalue weighted by atomic mass is 10.0. The van der Waals surface area contributed by atoms with Crippen LogP contribution >= 0.6 is 0 Å². The highest BCUT2D eigenvalue weighted by Gasteiger charge is 2.32. The molecule has 4 amide bonds. The number of benzene rings is 4. The number of hydrogen-bond donors (Lipinski definition) is 9. The lowest BCUT2D eigenvalue weighted by Gasteiger charge is -2.26. The Kier molecular flexibility index (Phi) is 15.3. The Balaban J connectivity index is 1.57. The van der Waals surface area contributed by atoms with Crippen LogP contribution in [0.1, 0.15) is 47.2 Å². The van der Waals surface area contributed by atoms with Crippen molar-refractivity contribution in [3.63, 3.8) is 0 Å². The van der Waals surface area contributed by atoms with E-state index in [1.165, 1.54) is 24.3 Å². The molecule has 0 saturated carbocycles. The second-order valence-corrected chi connectivity index (χ2v) is 13.1. The van der Waals surface area contributed by atoms with E-state index in [9.17, 15) is 44.1 Å². The SMILES string of the molecule is NC(N)=NCCC[C@H](NC(=O)[C@H](Cc1ccccc1)NC(=O)[C@H](CCC(=O)O)NC(=O)c1ccc2ccccc2c1)C(=O)N[C@@H](Cc1ccc(O)cc1)C(=O)O. The number of phenols is 1. The molecule has 0 aliphatic carbocycles. The number of nitrogens with one attached hydrogen (secondary N) is 4. The summed E-state index contributed by atoms with van der Waals surface area (Å²) in [5, 5.41) is 41.0. The van der Waals surface area contributed by atoms with Gasteiger partial charge in [-0.05, 0) is 65.4 Å². The third-order valence-corrected chi connectivity index (χ3v) is 8.77. The molecular weight excluding hydrogens is 722 g/mol. The van der Waals surface area contributed by atoms with Gasteiger partial charge in [-0.3, -0.25) is 29.0 Å². The van der Waals surface area contributed by atoms with E-state index >= 15 is 0 Å². The van der Waals surface area contributed by atoms with Crippen molar-refractivity contribution in [3.05, 3.63) is 114 Å². The predicted octanol–water partition coefficient (Wildman–Crippen LogP) is 1.59. The zero-order valence-electron chi connectivity index (χ0n) is 30.4. The van der Waals surface area contributed by atoms with Crippen molar-refractivity contribution in [3.8, 4) is 5.75 Å². The second kappa shape index (κ2) is 20.5. The van der Waals surface area contributed by atoms with E-state index in [1.54, 1.807) is 48.5 Å². The molecule has 4 atom stereocenters. The molecule has 16 nitrogen and oxygen atoms in total. The van der Waals surface area contributed by atoms with Crippen LogP contribution in [0.3, 0.4) is 0 Å². The number of aromatic hydroxyl groups is 1. The fourth-order valence-corrected chi connectivity index (χ4v) is 5.82. The number of nitrogens with zero attached hydrogens (tertiary/aromatic N) is 1. The number of carboxylic acids is 2. The zero-order chi connectivity index (χ0) is 40.6.